The standard InChI is InChI=1S/C13H17BrN2O3/c1-3-8(2)7-15-13(19)16-11-5-4-9(14)6-10(11)12(17)18/h4-6,8H,3,7H2,1-2H3,(H,17,18)(H2,15,16,19). The molecule has 0 saturated carbocycles. The zero-order valence-corrected chi connectivity index (χ0v) is 12.5. The molecular weight excluding hydrogens is 312 g/mol. The van der Waals surface area contributed by atoms with Crippen molar-refractivity contribution < 1.29 is 14.7 Å². The maximum absolute atomic E-state index is 11.7. The number of halogens is 1. The number of rotatable bonds is 5. The molecule has 1 unspecified atom stereocenters. The van der Waals surface area contributed by atoms with Gasteiger partial charge in [-0.1, -0.05) is 36.2 Å². The molecule has 0 radical (unpaired) electrons. The first-order valence-electron chi connectivity index (χ1n) is 6.01. The number of hydrogen-bond donors (Lipinski definition) is 3. The van der Waals surface area contributed by atoms with Gasteiger partial charge in [0.1, 0.15) is 0 Å². The molecule has 0 aliphatic carbocycles. The molecule has 19 heavy (non-hydrogen) atoms. The Labute approximate surface area is 120 Å². The van der Waals surface area contributed by atoms with Crippen LogP contribution in [0.25, 0.3) is 0 Å². The molecular formula is C13H17BrN2O3. The molecule has 1 aromatic rings. The number of urea groups is 1. The van der Waals surface area contributed by atoms with Crippen molar-refractivity contribution in [2.24, 2.45) is 5.92 Å². The molecule has 104 valence electrons. The summed E-state index contributed by atoms with van der Waals surface area (Å²) in [7, 11) is 0. The highest BCUT2D eigenvalue weighted by molar-refractivity contribution is 9.10. The molecule has 0 aliphatic heterocycles. The fraction of sp³-hybridized carbons (Fsp3) is 0.385. The van der Waals surface area contributed by atoms with E-state index in [0.29, 0.717) is 16.9 Å². The zero-order valence-electron chi connectivity index (χ0n) is 10.9. The van der Waals surface area contributed by atoms with Crippen LogP contribution in [0.15, 0.2) is 22.7 Å². The third-order valence-corrected chi connectivity index (χ3v) is 3.26. The van der Waals surface area contributed by atoms with E-state index >= 15 is 0 Å². The van der Waals surface area contributed by atoms with E-state index in [-0.39, 0.29) is 11.3 Å². The van der Waals surface area contributed by atoms with Gasteiger partial charge in [0, 0.05) is 11.0 Å². The van der Waals surface area contributed by atoms with Crippen LogP contribution in [0.2, 0.25) is 0 Å². The lowest BCUT2D eigenvalue weighted by Crippen LogP contribution is -2.32. The Morgan fingerprint density at radius 3 is 2.68 bits per heavy atom. The minimum Gasteiger partial charge on any atom is -0.478 e. The van der Waals surface area contributed by atoms with Gasteiger partial charge in [0.15, 0.2) is 0 Å². The fourth-order valence-corrected chi connectivity index (χ4v) is 1.74. The van der Waals surface area contributed by atoms with Gasteiger partial charge in [-0.15, -0.1) is 0 Å². The summed E-state index contributed by atoms with van der Waals surface area (Å²) in [5, 5.41) is 14.3. The number of hydrogen-bond acceptors (Lipinski definition) is 2. The van der Waals surface area contributed by atoms with Gasteiger partial charge in [0.25, 0.3) is 0 Å². The molecule has 1 atom stereocenters. The van der Waals surface area contributed by atoms with E-state index in [1.165, 1.54) is 6.07 Å². The fourth-order valence-electron chi connectivity index (χ4n) is 1.38. The van der Waals surface area contributed by atoms with Crippen LogP contribution in [0.4, 0.5) is 10.5 Å². The Hall–Kier alpha value is -1.56. The van der Waals surface area contributed by atoms with Crippen LogP contribution in [-0.4, -0.2) is 23.7 Å². The van der Waals surface area contributed by atoms with Gasteiger partial charge in [0.2, 0.25) is 0 Å². The van der Waals surface area contributed by atoms with Crippen molar-refractivity contribution in [1.29, 1.82) is 0 Å². The highest BCUT2D eigenvalue weighted by Crippen LogP contribution is 2.21. The molecule has 0 aliphatic rings. The molecule has 1 rings (SSSR count). The van der Waals surface area contributed by atoms with Crippen LogP contribution in [0, 0.1) is 5.92 Å². The van der Waals surface area contributed by atoms with Crippen molar-refractivity contribution >= 4 is 33.6 Å². The van der Waals surface area contributed by atoms with E-state index in [1.54, 1.807) is 12.1 Å². The lowest BCUT2D eigenvalue weighted by atomic mass is 10.1. The predicted molar refractivity (Wildman–Crippen MR) is 77.6 cm³/mol. The number of benzene rings is 1. The lowest BCUT2D eigenvalue weighted by Gasteiger charge is -2.12. The summed E-state index contributed by atoms with van der Waals surface area (Å²) in [6, 6.07) is 4.28. The van der Waals surface area contributed by atoms with Crippen LogP contribution >= 0.6 is 15.9 Å². The first-order valence-corrected chi connectivity index (χ1v) is 6.81. The van der Waals surface area contributed by atoms with Crippen LogP contribution in [0.3, 0.4) is 0 Å². The zero-order chi connectivity index (χ0) is 14.4. The first kappa shape index (κ1) is 15.5. The average molecular weight is 329 g/mol. The minimum absolute atomic E-state index is 0.0491. The van der Waals surface area contributed by atoms with Crippen molar-refractivity contribution in [3.05, 3.63) is 28.2 Å². The molecule has 2 amide bonds. The van der Waals surface area contributed by atoms with Gasteiger partial charge in [-0.2, -0.15) is 0 Å². The minimum atomic E-state index is -1.08. The quantitative estimate of drug-likeness (QED) is 0.775. The first-order chi connectivity index (χ1) is 8.93. The Morgan fingerprint density at radius 2 is 2.11 bits per heavy atom. The van der Waals surface area contributed by atoms with Gasteiger partial charge >= 0.3 is 12.0 Å². The summed E-state index contributed by atoms with van der Waals surface area (Å²) < 4.78 is 0.649. The number of anilines is 1. The Kier molecular flexibility index (Phi) is 5.82. The van der Waals surface area contributed by atoms with Crippen LogP contribution < -0.4 is 10.6 Å². The summed E-state index contributed by atoms with van der Waals surface area (Å²) in [6.45, 7) is 4.63. The Bertz CT molecular complexity index is 477. The number of carbonyl (C=O) groups is 2. The van der Waals surface area contributed by atoms with Crippen LogP contribution in [0.5, 0.6) is 0 Å². The third kappa shape index (κ3) is 4.90. The number of carboxylic acid groups (broad SMARTS) is 1. The molecule has 6 heteroatoms. The number of carboxylic acids is 1. The topological polar surface area (TPSA) is 78.4 Å². The van der Waals surface area contributed by atoms with Gasteiger partial charge in [0.05, 0.1) is 11.3 Å². The molecule has 0 heterocycles. The summed E-state index contributed by atoms with van der Waals surface area (Å²) in [4.78, 5) is 22.7. The third-order valence-electron chi connectivity index (χ3n) is 2.77. The van der Waals surface area contributed by atoms with Crippen molar-refractivity contribution in [3.8, 4) is 0 Å². The molecule has 5 nitrogen and oxygen atoms in total. The maximum atomic E-state index is 11.7. The Balaban J connectivity index is 2.71. The SMILES string of the molecule is CCC(C)CNC(=O)Nc1ccc(Br)cc1C(=O)O. The molecule has 0 spiro atoms. The summed E-state index contributed by atoms with van der Waals surface area (Å²) >= 11 is 3.20. The highest BCUT2D eigenvalue weighted by Gasteiger charge is 2.13. The van der Waals surface area contributed by atoms with Gasteiger partial charge in [-0.05, 0) is 24.1 Å². The number of carbonyl (C=O) groups excluding carboxylic acids is 1. The second-order valence-corrected chi connectivity index (χ2v) is 5.26. The monoisotopic (exact) mass is 328 g/mol. The molecule has 1 aromatic carbocycles. The highest BCUT2D eigenvalue weighted by atomic mass is 79.9. The van der Waals surface area contributed by atoms with Crippen molar-refractivity contribution in [1.82, 2.24) is 5.32 Å². The molecule has 0 fully saturated rings. The predicted octanol–water partition coefficient (Wildman–Crippen LogP) is 3.31. The smallest absolute Gasteiger partial charge is 0.337 e. The average Bonchev–Trinajstić information content (AvgIpc) is 2.37. The molecule has 0 aromatic heterocycles. The number of amides is 2. The maximum Gasteiger partial charge on any atom is 0.337 e. The van der Waals surface area contributed by atoms with E-state index in [0.717, 1.165) is 6.42 Å². The van der Waals surface area contributed by atoms with E-state index in [4.69, 9.17) is 5.11 Å². The van der Waals surface area contributed by atoms with Gasteiger partial charge in [-0.3, -0.25) is 0 Å². The normalized spacial score (nSPS) is 11.7. The van der Waals surface area contributed by atoms with Crippen LogP contribution in [0.1, 0.15) is 30.6 Å². The summed E-state index contributed by atoms with van der Waals surface area (Å²) in [5.74, 6) is -0.701. The van der Waals surface area contributed by atoms with E-state index in [2.05, 4.69) is 26.6 Å². The number of nitrogens with one attached hydrogen (secondary N) is 2. The molecule has 3 N–H and O–H groups in total. The Morgan fingerprint density at radius 1 is 1.42 bits per heavy atom. The van der Waals surface area contributed by atoms with Crippen molar-refractivity contribution in [3.63, 3.8) is 0 Å². The van der Waals surface area contributed by atoms with Crippen LogP contribution in [-0.2, 0) is 0 Å². The molecule has 0 bridgehead atoms. The summed E-state index contributed by atoms with van der Waals surface area (Å²) in [6.07, 6.45) is 0.971. The lowest BCUT2D eigenvalue weighted by molar-refractivity contribution is 0.0698. The van der Waals surface area contributed by atoms with E-state index in [9.17, 15) is 9.59 Å². The second-order valence-electron chi connectivity index (χ2n) is 4.34. The van der Waals surface area contributed by atoms with E-state index < -0.39 is 12.0 Å². The van der Waals surface area contributed by atoms with Crippen molar-refractivity contribution in [2.45, 2.75) is 20.3 Å². The largest absolute Gasteiger partial charge is 0.478 e. The van der Waals surface area contributed by atoms with E-state index in [1.807, 2.05) is 13.8 Å². The van der Waals surface area contributed by atoms with Gasteiger partial charge < -0.3 is 15.7 Å². The van der Waals surface area contributed by atoms with Crippen molar-refractivity contribution in [2.75, 3.05) is 11.9 Å². The van der Waals surface area contributed by atoms with Gasteiger partial charge in [-0.25, -0.2) is 9.59 Å². The second kappa shape index (κ2) is 7.13. The number of aromatic carboxylic acids is 1. The summed E-state index contributed by atoms with van der Waals surface area (Å²) in [5.41, 5.74) is 0.324. The molecule has 0 saturated heterocycles.